The summed E-state index contributed by atoms with van der Waals surface area (Å²) in [6, 6.07) is 9.87. The minimum Gasteiger partial charge on any atom is -0.505 e. The highest BCUT2D eigenvalue weighted by Gasteiger charge is 2.45. The van der Waals surface area contributed by atoms with Gasteiger partial charge in [-0.25, -0.2) is 19.6 Å². The molecule has 4 aliphatic rings. The quantitative estimate of drug-likeness (QED) is 0.0908. The van der Waals surface area contributed by atoms with Gasteiger partial charge in [-0.05, 0) is 74.6 Å². The third kappa shape index (κ3) is 7.61. The number of hydrogen-bond donors (Lipinski definition) is 5. The molecule has 1 aliphatic carbocycles. The number of alkyl carbamates (subject to hydrolysis) is 1. The zero-order valence-corrected chi connectivity index (χ0v) is 37.9. The lowest BCUT2D eigenvalue weighted by Gasteiger charge is -2.44. The fourth-order valence-corrected chi connectivity index (χ4v) is 10.8. The largest absolute Gasteiger partial charge is 0.505 e. The van der Waals surface area contributed by atoms with Gasteiger partial charge < -0.3 is 44.8 Å². The summed E-state index contributed by atoms with van der Waals surface area (Å²) in [6.07, 6.45) is 9.36. The molecule has 5 N–H and O–H groups in total. The predicted octanol–water partition coefficient (Wildman–Crippen LogP) is 8.15. The molecule has 3 aromatic heterocycles. The van der Waals surface area contributed by atoms with E-state index in [1.807, 2.05) is 64.1 Å². The number of rotatable bonds is 10. The number of imidazole rings is 2. The van der Waals surface area contributed by atoms with E-state index < -0.39 is 30.0 Å². The number of H-pyrrole nitrogens is 2. The van der Waals surface area contributed by atoms with Crippen molar-refractivity contribution in [1.82, 2.24) is 44.5 Å². The number of aromatic amines is 2. The van der Waals surface area contributed by atoms with Crippen molar-refractivity contribution in [3.8, 4) is 45.3 Å². The topological polar surface area (TPSA) is 211 Å². The summed E-state index contributed by atoms with van der Waals surface area (Å²) in [7, 11) is 2.73. The third-order valence-corrected chi connectivity index (χ3v) is 14.0. The molecule has 4 amide bonds. The van der Waals surface area contributed by atoms with Crippen LogP contribution < -0.4 is 10.1 Å². The van der Waals surface area contributed by atoms with Crippen LogP contribution in [-0.4, -0.2) is 113 Å². The third-order valence-electron chi connectivity index (χ3n) is 14.0. The van der Waals surface area contributed by atoms with Gasteiger partial charge >= 0.3 is 12.2 Å². The van der Waals surface area contributed by atoms with Gasteiger partial charge in [0.05, 0.1) is 54.2 Å². The first-order valence-corrected chi connectivity index (χ1v) is 22.9. The Kier molecular flexibility index (Phi) is 11.5. The summed E-state index contributed by atoms with van der Waals surface area (Å²) in [5.41, 5.74) is 4.81. The number of likely N-dealkylation sites (tertiary alicyclic amines) is 2. The average Bonchev–Trinajstić information content (AvgIpc) is 4.15. The average molecular weight is 890 g/mol. The molecule has 2 aromatic carbocycles. The highest BCUT2D eigenvalue weighted by molar-refractivity contribution is 5.99. The summed E-state index contributed by atoms with van der Waals surface area (Å²) in [4.78, 5) is 72.7. The van der Waals surface area contributed by atoms with Crippen LogP contribution in [-0.2, 0) is 20.1 Å². The van der Waals surface area contributed by atoms with E-state index in [9.17, 15) is 29.4 Å². The van der Waals surface area contributed by atoms with Crippen LogP contribution in [0.2, 0.25) is 0 Å². The minimum absolute atomic E-state index is 0.145. The normalized spacial score (nSPS) is 19.9. The summed E-state index contributed by atoms with van der Waals surface area (Å²) >= 11 is 0. The molecule has 0 radical (unpaired) electrons. The molecule has 9 rings (SSSR count). The molecule has 0 unspecified atom stereocenters. The summed E-state index contributed by atoms with van der Waals surface area (Å²) < 4.78 is 14.1. The van der Waals surface area contributed by atoms with Crippen LogP contribution in [0.5, 0.6) is 11.5 Å². The van der Waals surface area contributed by atoms with Crippen molar-refractivity contribution < 1.29 is 38.9 Å². The van der Waals surface area contributed by atoms with Gasteiger partial charge in [0.25, 0.3) is 0 Å². The molecular formula is C48H59N9O8. The predicted molar refractivity (Wildman–Crippen MR) is 242 cm³/mol. The maximum atomic E-state index is 13.8. The van der Waals surface area contributed by atoms with Gasteiger partial charge in [0.2, 0.25) is 11.8 Å². The number of likely N-dealkylation sites (N-methyl/N-ethyl adjacent to an activating group) is 1. The Morgan fingerprint density at radius 3 is 2.03 bits per heavy atom. The number of aromatic nitrogens is 5. The standard InChI is InChI=1S/C48H59N9O8/c1-26(2)38(53-46(61)64-6)44(59)55-20-10-12-35(55)42-49-24-32(51-42)28-15-17-34-31(22-28)41(58)40-30-16-14-29(23-37(30)65-48(57(34)40)18-8-7-9-19-48)33-25-50-43(52-33)36-13-11-21-56(36)45(60)39(27(3)4)54(5)47(62)63/h14-17,22-27,35-36,38-39,58H,7-13,18-21H2,1-6H3,(H,49,51)(H,50,52)(H,53,61)(H,62,63)/t35-,36-,38-,39-/m0/s1. The maximum Gasteiger partial charge on any atom is 0.407 e. The van der Waals surface area contributed by atoms with E-state index in [0.717, 1.165) is 89.9 Å². The first-order chi connectivity index (χ1) is 31.2. The zero-order valence-electron chi connectivity index (χ0n) is 37.9. The number of carbonyl (C=O) groups is 4. The van der Waals surface area contributed by atoms with Crippen LogP contribution in [0, 0.1) is 11.8 Å². The highest BCUT2D eigenvalue weighted by Crippen LogP contribution is 2.54. The van der Waals surface area contributed by atoms with E-state index in [-0.39, 0.29) is 41.5 Å². The Labute approximate surface area is 377 Å². The second-order valence-corrected chi connectivity index (χ2v) is 18.8. The molecule has 17 heteroatoms. The summed E-state index contributed by atoms with van der Waals surface area (Å²) in [5, 5.41) is 25.4. The second kappa shape index (κ2) is 17.1. The lowest BCUT2D eigenvalue weighted by atomic mass is 9.89. The number of aromatic hydroxyl groups is 1. The number of methoxy groups -OCH3 is 1. The number of carbonyl (C=O) groups excluding carboxylic acids is 3. The molecule has 2 saturated heterocycles. The molecule has 3 aliphatic heterocycles. The zero-order chi connectivity index (χ0) is 45.9. The molecule has 3 fully saturated rings. The SMILES string of the molecule is COC(=O)N[C@H](C(=O)N1CCC[C@H]1c1ncc(-c2ccc3c(c2)c(O)c2n3C3(CCCCC3)Oc3cc(-c4cnc([C@@H]5CCCN5C(=O)[C@H](C(C)C)N(C)C(=O)O)[nH]4)ccc3-2)[nH]1)C(C)C. The highest BCUT2D eigenvalue weighted by atomic mass is 16.5. The number of nitrogens with zero attached hydrogens (tertiary/aromatic N) is 6. The van der Waals surface area contributed by atoms with Crippen LogP contribution in [0.15, 0.2) is 48.8 Å². The molecule has 1 saturated carbocycles. The van der Waals surface area contributed by atoms with Crippen LogP contribution in [0.25, 0.3) is 44.7 Å². The fourth-order valence-electron chi connectivity index (χ4n) is 10.8. The van der Waals surface area contributed by atoms with E-state index in [1.165, 1.54) is 14.2 Å². The first kappa shape index (κ1) is 43.7. The monoisotopic (exact) mass is 889 g/mol. The maximum absolute atomic E-state index is 13.8. The number of carboxylic acid groups (broad SMARTS) is 1. The molecule has 6 heterocycles. The number of benzene rings is 2. The van der Waals surface area contributed by atoms with Gasteiger partial charge in [0, 0.05) is 55.1 Å². The Morgan fingerprint density at radius 2 is 1.45 bits per heavy atom. The van der Waals surface area contributed by atoms with Crippen LogP contribution >= 0.6 is 0 Å². The summed E-state index contributed by atoms with van der Waals surface area (Å²) in [6.45, 7) is 8.56. The van der Waals surface area contributed by atoms with Crippen molar-refractivity contribution in [1.29, 1.82) is 0 Å². The number of ether oxygens (including phenoxy) is 2. The van der Waals surface area contributed by atoms with Gasteiger partial charge in [-0.1, -0.05) is 46.2 Å². The van der Waals surface area contributed by atoms with E-state index in [4.69, 9.17) is 19.4 Å². The Bertz CT molecular complexity index is 2640. The van der Waals surface area contributed by atoms with Crippen molar-refractivity contribution in [2.75, 3.05) is 27.2 Å². The molecule has 1 spiro atoms. The van der Waals surface area contributed by atoms with Gasteiger partial charge in [0.1, 0.15) is 35.2 Å². The molecule has 65 heavy (non-hydrogen) atoms. The Morgan fingerprint density at radius 1 is 0.846 bits per heavy atom. The Balaban J connectivity index is 1.02. The number of hydrogen-bond acceptors (Lipinski definition) is 9. The van der Waals surface area contributed by atoms with Crippen molar-refractivity contribution >= 4 is 34.9 Å². The van der Waals surface area contributed by atoms with Crippen molar-refractivity contribution in [3.05, 3.63) is 60.4 Å². The van der Waals surface area contributed by atoms with E-state index >= 15 is 0 Å². The van der Waals surface area contributed by atoms with Gasteiger partial charge in [-0.15, -0.1) is 0 Å². The number of nitrogens with one attached hydrogen (secondary N) is 3. The minimum atomic E-state index is -1.14. The van der Waals surface area contributed by atoms with Crippen molar-refractivity contribution in [2.45, 2.75) is 115 Å². The van der Waals surface area contributed by atoms with Gasteiger partial charge in [-0.2, -0.15) is 0 Å². The Hall–Kier alpha value is -6.52. The van der Waals surface area contributed by atoms with E-state index in [2.05, 4.69) is 19.9 Å². The fraction of sp³-hybridized carbons (Fsp3) is 0.500. The first-order valence-electron chi connectivity index (χ1n) is 22.9. The van der Waals surface area contributed by atoms with Crippen molar-refractivity contribution in [2.24, 2.45) is 11.8 Å². The smallest absolute Gasteiger partial charge is 0.407 e. The van der Waals surface area contributed by atoms with Crippen molar-refractivity contribution in [3.63, 3.8) is 0 Å². The number of amides is 4. The van der Waals surface area contributed by atoms with Crippen LogP contribution in [0.3, 0.4) is 0 Å². The summed E-state index contributed by atoms with van der Waals surface area (Å²) in [5.74, 6) is 1.38. The van der Waals surface area contributed by atoms with E-state index in [1.54, 1.807) is 22.2 Å². The molecule has 5 aromatic rings. The van der Waals surface area contributed by atoms with Crippen LogP contribution in [0.1, 0.15) is 109 Å². The molecular weight excluding hydrogens is 831 g/mol. The molecule has 4 atom stereocenters. The lowest BCUT2D eigenvalue weighted by Crippen LogP contribution is -2.51. The van der Waals surface area contributed by atoms with Gasteiger partial charge in [-0.3, -0.25) is 19.1 Å². The lowest BCUT2D eigenvalue weighted by molar-refractivity contribution is -0.138. The van der Waals surface area contributed by atoms with Crippen LogP contribution in [0.4, 0.5) is 9.59 Å². The molecule has 0 bridgehead atoms. The number of fused-ring (bicyclic) bond motifs is 6. The van der Waals surface area contributed by atoms with Gasteiger partial charge in [0.15, 0.2) is 5.72 Å². The van der Waals surface area contributed by atoms with E-state index in [0.29, 0.717) is 48.0 Å². The second-order valence-electron chi connectivity index (χ2n) is 18.8. The molecule has 344 valence electrons. The molecule has 17 nitrogen and oxygen atoms in total.